The number of nitrogens with one attached hydrogen (secondary N) is 1. The number of ether oxygens (including phenoxy) is 2. The second-order valence-corrected chi connectivity index (χ2v) is 5.02. The van der Waals surface area contributed by atoms with Crippen molar-refractivity contribution in [1.82, 2.24) is 5.43 Å². The molecule has 0 aliphatic rings. The van der Waals surface area contributed by atoms with E-state index in [1.165, 1.54) is 6.21 Å². The first-order valence-electron chi connectivity index (χ1n) is 7.56. The molecule has 0 fully saturated rings. The first kappa shape index (κ1) is 17.3. The summed E-state index contributed by atoms with van der Waals surface area (Å²) in [7, 11) is 0. The number of aryl methyl sites for hydroxylation is 1. The highest BCUT2D eigenvalue weighted by Crippen LogP contribution is 2.26. The fourth-order valence-corrected chi connectivity index (χ4v) is 1.96. The zero-order valence-corrected chi connectivity index (χ0v) is 13.7. The van der Waals surface area contributed by atoms with E-state index in [1.807, 2.05) is 26.0 Å². The second-order valence-electron chi connectivity index (χ2n) is 5.02. The molecular formula is C18H20N2O4. The second kappa shape index (κ2) is 8.57. The number of para-hydroxylation sites is 2. The molecule has 24 heavy (non-hydrogen) atoms. The Labute approximate surface area is 140 Å². The fraction of sp³-hybridized carbons (Fsp3) is 0.222. The third-order valence-electron chi connectivity index (χ3n) is 3.09. The molecule has 1 amide bonds. The summed E-state index contributed by atoms with van der Waals surface area (Å²) in [5, 5.41) is 13.6. The molecule has 0 unspecified atom stereocenters. The Morgan fingerprint density at radius 3 is 2.58 bits per heavy atom. The van der Waals surface area contributed by atoms with Gasteiger partial charge in [0.05, 0.1) is 12.8 Å². The highest BCUT2D eigenvalue weighted by molar-refractivity contribution is 5.85. The van der Waals surface area contributed by atoms with Gasteiger partial charge in [-0.2, -0.15) is 5.10 Å². The van der Waals surface area contributed by atoms with E-state index in [1.54, 1.807) is 30.3 Å². The van der Waals surface area contributed by atoms with Crippen molar-refractivity contribution in [2.45, 2.75) is 13.8 Å². The van der Waals surface area contributed by atoms with Gasteiger partial charge in [-0.25, -0.2) is 5.43 Å². The number of phenols is 1. The van der Waals surface area contributed by atoms with Crippen molar-refractivity contribution in [2.75, 3.05) is 13.2 Å². The van der Waals surface area contributed by atoms with Gasteiger partial charge in [-0.3, -0.25) is 4.79 Å². The average molecular weight is 328 g/mol. The molecule has 2 N–H and O–H groups in total. The summed E-state index contributed by atoms with van der Waals surface area (Å²) in [6.07, 6.45) is 1.38. The molecule has 0 spiro atoms. The van der Waals surface area contributed by atoms with Crippen molar-refractivity contribution >= 4 is 12.1 Å². The van der Waals surface area contributed by atoms with E-state index < -0.39 is 5.91 Å². The van der Waals surface area contributed by atoms with E-state index in [0.29, 0.717) is 23.7 Å². The lowest BCUT2D eigenvalue weighted by atomic mass is 10.1. The van der Waals surface area contributed by atoms with Crippen LogP contribution in [0, 0.1) is 6.92 Å². The third-order valence-corrected chi connectivity index (χ3v) is 3.09. The number of benzene rings is 2. The van der Waals surface area contributed by atoms with E-state index in [9.17, 15) is 9.90 Å². The van der Waals surface area contributed by atoms with E-state index in [4.69, 9.17) is 9.47 Å². The minimum Gasteiger partial charge on any atom is -0.507 e. The smallest absolute Gasteiger partial charge is 0.277 e. The van der Waals surface area contributed by atoms with E-state index in [2.05, 4.69) is 10.5 Å². The molecular weight excluding hydrogens is 308 g/mol. The average Bonchev–Trinajstić information content (AvgIpc) is 2.56. The van der Waals surface area contributed by atoms with Crippen molar-refractivity contribution in [1.29, 1.82) is 0 Å². The van der Waals surface area contributed by atoms with E-state index in [-0.39, 0.29) is 12.4 Å². The summed E-state index contributed by atoms with van der Waals surface area (Å²) < 4.78 is 10.9. The van der Waals surface area contributed by atoms with Gasteiger partial charge < -0.3 is 14.6 Å². The SMILES string of the molecule is CCOc1ccccc1OCC(=O)NN=Cc1ccc(C)cc1O. The lowest BCUT2D eigenvalue weighted by Gasteiger charge is -2.10. The van der Waals surface area contributed by atoms with Crippen LogP contribution in [0.2, 0.25) is 0 Å². The summed E-state index contributed by atoms with van der Waals surface area (Å²) in [5.74, 6) is 0.773. The minimum absolute atomic E-state index is 0.106. The Morgan fingerprint density at radius 2 is 1.92 bits per heavy atom. The van der Waals surface area contributed by atoms with Gasteiger partial charge in [0.15, 0.2) is 18.1 Å². The molecule has 2 aromatic rings. The summed E-state index contributed by atoms with van der Waals surface area (Å²) in [5.41, 5.74) is 3.81. The van der Waals surface area contributed by atoms with Crippen molar-refractivity contribution < 1.29 is 19.4 Å². The van der Waals surface area contributed by atoms with Crippen molar-refractivity contribution in [3.8, 4) is 17.2 Å². The van der Waals surface area contributed by atoms with Crippen LogP contribution < -0.4 is 14.9 Å². The molecule has 6 nitrogen and oxygen atoms in total. The topological polar surface area (TPSA) is 80.2 Å². The molecule has 0 bridgehead atoms. The fourth-order valence-electron chi connectivity index (χ4n) is 1.96. The van der Waals surface area contributed by atoms with E-state index >= 15 is 0 Å². The van der Waals surface area contributed by atoms with Crippen molar-refractivity contribution in [2.24, 2.45) is 5.10 Å². The van der Waals surface area contributed by atoms with Crippen LogP contribution in [0.25, 0.3) is 0 Å². The molecule has 0 saturated heterocycles. The van der Waals surface area contributed by atoms with Crippen LogP contribution in [-0.4, -0.2) is 30.4 Å². The summed E-state index contributed by atoms with van der Waals surface area (Å²) in [4.78, 5) is 11.8. The number of carbonyl (C=O) groups is 1. The molecule has 0 aromatic heterocycles. The first-order valence-corrected chi connectivity index (χ1v) is 7.56. The molecule has 2 rings (SSSR count). The summed E-state index contributed by atoms with van der Waals surface area (Å²) in [6.45, 7) is 4.07. The number of aromatic hydroxyl groups is 1. The molecule has 0 atom stereocenters. The zero-order valence-electron chi connectivity index (χ0n) is 13.7. The maximum Gasteiger partial charge on any atom is 0.277 e. The summed E-state index contributed by atoms with van der Waals surface area (Å²) in [6, 6.07) is 12.3. The van der Waals surface area contributed by atoms with Crippen LogP contribution in [-0.2, 0) is 4.79 Å². The number of rotatable bonds is 7. The number of amides is 1. The van der Waals surface area contributed by atoms with Crippen LogP contribution >= 0.6 is 0 Å². The van der Waals surface area contributed by atoms with Crippen molar-refractivity contribution in [3.63, 3.8) is 0 Å². The molecule has 126 valence electrons. The van der Waals surface area contributed by atoms with Crippen molar-refractivity contribution in [3.05, 3.63) is 53.6 Å². The van der Waals surface area contributed by atoms with Gasteiger partial charge in [-0.1, -0.05) is 18.2 Å². The molecule has 0 radical (unpaired) electrons. The lowest BCUT2D eigenvalue weighted by molar-refractivity contribution is -0.123. The van der Waals surface area contributed by atoms with E-state index in [0.717, 1.165) is 5.56 Å². The molecule has 0 aliphatic carbocycles. The largest absolute Gasteiger partial charge is 0.507 e. The highest BCUT2D eigenvalue weighted by atomic mass is 16.5. The Hall–Kier alpha value is -3.02. The number of hydrazone groups is 1. The Bertz CT molecular complexity index is 729. The van der Waals surface area contributed by atoms with Gasteiger partial charge in [0.25, 0.3) is 5.91 Å². The van der Waals surface area contributed by atoms with Gasteiger partial charge in [-0.15, -0.1) is 0 Å². The van der Waals surface area contributed by atoms with Gasteiger partial charge in [-0.05, 0) is 43.7 Å². The number of hydrogen-bond donors (Lipinski definition) is 2. The quantitative estimate of drug-likeness (QED) is 0.605. The number of nitrogens with zero attached hydrogens (tertiary/aromatic N) is 1. The third kappa shape index (κ3) is 5.01. The summed E-state index contributed by atoms with van der Waals surface area (Å²) >= 11 is 0. The molecule has 6 heteroatoms. The Kier molecular flexibility index (Phi) is 6.19. The standard InChI is InChI=1S/C18H20N2O4/c1-3-23-16-6-4-5-7-17(16)24-12-18(22)20-19-11-14-9-8-13(2)10-15(14)21/h4-11,21H,3,12H2,1-2H3,(H,20,22). The monoisotopic (exact) mass is 328 g/mol. The van der Waals surface area contributed by atoms with Crippen LogP contribution in [0.4, 0.5) is 0 Å². The van der Waals surface area contributed by atoms with Gasteiger partial charge in [0.1, 0.15) is 5.75 Å². The number of hydrogen-bond acceptors (Lipinski definition) is 5. The maximum absolute atomic E-state index is 11.8. The van der Waals surface area contributed by atoms with Crippen LogP contribution in [0.1, 0.15) is 18.1 Å². The van der Waals surface area contributed by atoms with Gasteiger partial charge in [0, 0.05) is 5.56 Å². The van der Waals surface area contributed by atoms with Crippen LogP contribution in [0.3, 0.4) is 0 Å². The highest BCUT2D eigenvalue weighted by Gasteiger charge is 2.06. The predicted octanol–water partition coefficient (Wildman–Crippen LogP) is 2.63. The van der Waals surface area contributed by atoms with Gasteiger partial charge >= 0.3 is 0 Å². The Balaban J connectivity index is 1.86. The predicted molar refractivity (Wildman–Crippen MR) is 91.7 cm³/mol. The first-order chi connectivity index (χ1) is 11.6. The molecule has 0 aliphatic heterocycles. The molecule has 2 aromatic carbocycles. The van der Waals surface area contributed by atoms with Gasteiger partial charge in [0.2, 0.25) is 0 Å². The maximum atomic E-state index is 11.8. The minimum atomic E-state index is -0.413. The van der Waals surface area contributed by atoms with Crippen LogP contribution in [0.5, 0.6) is 17.2 Å². The number of phenolic OH excluding ortho intramolecular Hbond substituents is 1. The number of carbonyl (C=O) groups excluding carboxylic acids is 1. The Morgan fingerprint density at radius 1 is 1.21 bits per heavy atom. The van der Waals surface area contributed by atoms with Crippen LogP contribution in [0.15, 0.2) is 47.6 Å². The lowest BCUT2D eigenvalue weighted by Crippen LogP contribution is -2.24. The molecule has 0 heterocycles. The zero-order chi connectivity index (χ0) is 17.4. The molecule has 0 saturated carbocycles. The normalized spacial score (nSPS) is 10.6.